The molecule has 0 bridgehead atoms. The molecule has 2 aromatic heterocycles. The predicted octanol–water partition coefficient (Wildman–Crippen LogP) is 5.18. The van der Waals surface area contributed by atoms with Crippen molar-refractivity contribution in [3.8, 4) is 5.75 Å². The van der Waals surface area contributed by atoms with Crippen LogP contribution in [0.5, 0.6) is 5.75 Å². The van der Waals surface area contributed by atoms with Crippen LogP contribution in [0.15, 0.2) is 77.1 Å². The first kappa shape index (κ1) is 26.1. The first-order chi connectivity index (χ1) is 18.1. The third kappa shape index (κ3) is 6.64. The number of amides is 1. The first-order valence-electron chi connectivity index (χ1n) is 11.9. The van der Waals surface area contributed by atoms with Crippen LogP contribution in [-0.2, 0) is 16.0 Å². The Labute approximate surface area is 219 Å². The number of benzene rings is 2. The molecule has 1 atom stereocenters. The number of nitrogens with one attached hydrogen (secondary N) is 2. The number of nitrogens with two attached hydrogens (primary N) is 2. The average molecular weight is 516 g/mol. The highest BCUT2D eigenvalue weighted by Crippen LogP contribution is 2.31. The zero-order valence-corrected chi connectivity index (χ0v) is 21.3. The topological polar surface area (TPSA) is 170 Å². The van der Waals surface area contributed by atoms with Crippen LogP contribution in [0, 0.1) is 0 Å². The number of pyridine rings is 1. The SMILES string of the molecule is CC(C)(C)OC(=O)N[C@@H](Cc1c[nH]c2ccccc12)C(=O)Oc1ccccc1/N=N/c1ccc(N)nc1N. The minimum atomic E-state index is -1.05. The summed E-state index contributed by atoms with van der Waals surface area (Å²) in [5.41, 5.74) is 13.1. The van der Waals surface area contributed by atoms with Crippen molar-refractivity contribution in [3.05, 3.63) is 72.4 Å². The summed E-state index contributed by atoms with van der Waals surface area (Å²) >= 11 is 0. The fourth-order valence-corrected chi connectivity index (χ4v) is 3.64. The number of nitrogens with zero attached hydrogens (tertiary/aromatic N) is 3. The Kier molecular flexibility index (Phi) is 7.56. The van der Waals surface area contributed by atoms with Crippen LogP contribution in [0.25, 0.3) is 10.9 Å². The molecule has 4 rings (SSSR count). The minimum absolute atomic E-state index is 0.114. The van der Waals surface area contributed by atoms with E-state index in [0.717, 1.165) is 16.5 Å². The molecule has 0 unspecified atom stereocenters. The second kappa shape index (κ2) is 11.0. The van der Waals surface area contributed by atoms with Gasteiger partial charge in [-0.3, -0.25) is 0 Å². The van der Waals surface area contributed by atoms with Gasteiger partial charge in [-0.15, -0.1) is 10.2 Å². The van der Waals surface area contributed by atoms with Gasteiger partial charge in [0, 0.05) is 23.5 Å². The number of anilines is 2. The quantitative estimate of drug-likeness (QED) is 0.149. The molecule has 0 saturated heterocycles. The molecule has 2 heterocycles. The van der Waals surface area contributed by atoms with Gasteiger partial charge < -0.3 is 31.2 Å². The molecule has 1 amide bonds. The van der Waals surface area contributed by atoms with Crippen LogP contribution in [0.2, 0.25) is 0 Å². The number of carbonyl (C=O) groups excluding carboxylic acids is 2. The first-order valence-corrected chi connectivity index (χ1v) is 11.9. The maximum Gasteiger partial charge on any atom is 0.408 e. The highest BCUT2D eigenvalue weighted by Gasteiger charge is 2.28. The molecule has 0 radical (unpaired) electrons. The van der Waals surface area contributed by atoms with Crippen molar-refractivity contribution >= 4 is 46.0 Å². The lowest BCUT2D eigenvalue weighted by Crippen LogP contribution is -2.46. The van der Waals surface area contributed by atoms with Crippen LogP contribution in [0.1, 0.15) is 26.3 Å². The predicted molar refractivity (Wildman–Crippen MR) is 144 cm³/mol. The molecule has 11 nitrogen and oxygen atoms in total. The second-order valence-corrected chi connectivity index (χ2v) is 9.49. The number of nitrogen functional groups attached to an aromatic ring is 2. The number of carbonyl (C=O) groups is 2. The number of fused-ring (bicyclic) bond motifs is 1. The van der Waals surface area contributed by atoms with Crippen molar-refractivity contribution in [1.82, 2.24) is 15.3 Å². The van der Waals surface area contributed by atoms with Gasteiger partial charge >= 0.3 is 12.1 Å². The Bertz CT molecular complexity index is 1490. The van der Waals surface area contributed by atoms with Crippen molar-refractivity contribution in [2.45, 2.75) is 38.8 Å². The molecule has 0 aliphatic carbocycles. The maximum absolute atomic E-state index is 13.4. The lowest BCUT2D eigenvalue weighted by atomic mass is 10.1. The number of aromatic nitrogens is 2. The largest absolute Gasteiger partial charge is 0.444 e. The molecule has 0 fully saturated rings. The fraction of sp³-hybridized carbons (Fsp3) is 0.222. The molecule has 0 aliphatic rings. The van der Waals surface area contributed by atoms with Gasteiger partial charge in [0.05, 0.1) is 0 Å². The van der Waals surface area contributed by atoms with E-state index in [0.29, 0.717) is 5.69 Å². The Balaban J connectivity index is 1.58. The summed E-state index contributed by atoms with van der Waals surface area (Å²) < 4.78 is 11.1. The Morgan fingerprint density at radius 2 is 1.71 bits per heavy atom. The summed E-state index contributed by atoms with van der Waals surface area (Å²) in [5, 5.41) is 11.9. The van der Waals surface area contributed by atoms with E-state index in [-0.39, 0.29) is 29.5 Å². The van der Waals surface area contributed by atoms with E-state index in [2.05, 4.69) is 25.5 Å². The zero-order chi connectivity index (χ0) is 27.3. The lowest BCUT2D eigenvalue weighted by Gasteiger charge is -2.23. The standard InChI is InChI=1S/C27H29N7O4/c1-27(2,3)38-26(36)31-21(14-16-15-30-18-9-5-4-8-17(16)18)25(35)37-22-11-7-6-10-19(22)33-34-20-12-13-23(28)32-24(20)29/h4-13,15,21,30H,14H2,1-3H3,(H,31,36)(H4,28,29,32)/b34-33+/t21-/m0/s1. The summed E-state index contributed by atoms with van der Waals surface area (Å²) in [4.78, 5) is 33.1. The van der Waals surface area contributed by atoms with Crippen LogP contribution >= 0.6 is 0 Å². The number of hydrogen-bond donors (Lipinski definition) is 4. The third-order valence-corrected chi connectivity index (χ3v) is 5.34. The number of azo groups is 1. The van der Waals surface area contributed by atoms with Gasteiger partial charge in [0.2, 0.25) is 0 Å². The van der Waals surface area contributed by atoms with E-state index in [1.165, 1.54) is 0 Å². The summed E-state index contributed by atoms with van der Waals surface area (Å²) in [6.45, 7) is 5.22. The third-order valence-electron chi connectivity index (χ3n) is 5.34. The zero-order valence-electron chi connectivity index (χ0n) is 21.3. The molecule has 196 valence electrons. The molecule has 11 heteroatoms. The van der Waals surface area contributed by atoms with Gasteiger partial charge in [-0.05, 0) is 56.7 Å². The number of rotatable bonds is 7. The highest BCUT2D eigenvalue weighted by molar-refractivity contribution is 5.87. The Hall–Kier alpha value is -4.93. The summed E-state index contributed by atoms with van der Waals surface area (Å²) in [6.07, 6.45) is 1.23. The number of esters is 1. The number of hydrogen-bond acceptors (Lipinski definition) is 9. The van der Waals surface area contributed by atoms with E-state index in [9.17, 15) is 9.59 Å². The maximum atomic E-state index is 13.4. The van der Waals surface area contributed by atoms with Crippen molar-refractivity contribution in [2.75, 3.05) is 11.5 Å². The number of alkyl carbamates (subject to hydrolysis) is 1. The van der Waals surface area contributed by atoms with E-state index < -0.39 is 23.7 Å². The highest BCUT2D eigenvalue weighted by atomic mass is 16.6. The number of aromatic amines is 1. The number of H-pyrrole nitrogens is 1. The number of para-hydroxylation sites is 2. The van der Waals surface area contributed by atoms with Gasteiger partial charge in [0.25, 0.3) is 0 Å². The van der Waals surface area contributed by atoms with E-state index in [1.54, 1.807) is 63.4 Å². The van der Waals surface area contributed by atoms with Crippen LogP contribution in [0.4, 0.5) is 27.8 Å². The fourth-order valence-electron chi connectivity index (χ4n) is 3.64. The molecule has 0 spiro atoms. The number of ether oxygens (including phenoxy) is 2. The summed E-state index contributed by atoms with van der Waals surface area (Å²) in [7, 11) is 0. The van der Waals surface area contributed by atoms with Crippen molar-refractivity contribution in [1.29, 1.82) is 0 Å². The van der Waals surface area contributed by atoms with Crippen LogP contribution in [-0.4, -0.2) is 33.7 Å². The van der Waals surface area contributed by atoms with Gasteiger partial charge in [-0.1, -0.05) is 30.3 Å². The summed E-state index contributed by atoms with van der Waals surface area (Å²) in [5.74, 6) is -0.173. The molecule has 0 aliphatic heterocycles. The molecular formula is C27H29N7O4. The molecule has 38 heavy (non-hydrogen) atoms. The van der Waals surface area contributed by atoms with Crippen molar-refractivity contribution in [3.63, 3.8) is 0 Å². The summed E-state index contributed by atoms with van der Waals surface area (Å²) in [6, 6.07) is 16.4. The van der Waals surface area contributed by atoms with Gasteiger partial charge in [0.1, 0.15) is 28.8 Å². The Morgan fingerprint density at radius 1 is 1.00 bits per heavy atom. The van der Waals surface area contributed by atoms with Gasteiger partial charge in [-0.25, -0.2) is 14.6 Å². The molecule has 0 saturated carbocycles. The van der Waals surface area contributed by atoms with Crippen LogP contribution < -0.4 is 21.5 Å². The van der Waals surface area contributed by atoms with E-state index in [1.807, 2.05) is 24.3 Å². The molecular weight excluding hydrogens is 486 g/mol. The smallest absolute Gasteiger partial charge is 0.408 e. The van der Waals surface area contributed by atoms with E-state index >= 15 is 0 Å². The molecule has 2 aromatic carbocycles. The minimum Gasteiger partial charge on any atom is -0.444 e. The van der Waals surface area contributed by atoms with Crippen molar-refractivity contribution < 1.29 is 19.1 Å². The van der Waals surface area contributed by atoms with E-state index in [4.69, 9.17) is 20.9 Å². The average Bonchev–Trinajstić information content (AvgIpc) is 3.25. The normalized spacial score (nSPS) is 12.4. The molecule has 6 N–H and O–H groups in total. The van der Waals surface area contributed by atoms with Crippen LogP contribution in [0.3, 0.4) is 0 Å². The molecule has 4 aromatic rings. The van der Waals surface area contributed by atoms with Gasteiger partial charge in [-0.2, -0.15) is 0 Å². The second-order valence-electron chi connectivity index (χ2n) is 9.49. The monoisotopic (exact) mass is 515 g/mol. The Morgan fingerprint density at radius 3 is 2.47 bits per heavy atom. The lowest BCUT2D eigenvalue weighted by molar-refractivity contribution is -0.136. The van der Waals surface area contributed by atoms with Gasteiger partial charge in [0.15, 0.2) is 11.6 Å². The van der Waals surface area contributed by atoms with Crippen molar-refractivity contribution in [2.24, 2.45) is 10.2 Å².